The Morgan fingerprint density at radius 3 is 2.73 bits per heavy atom. The Hall–Kier alpha value is -3.26. The Morgan fingerprint density at radius 1 is 1.24 bits per heavy atom. The number of benzene rings is 1. The molecule has 1 atom stereocenters. The summed E-state index contributed by atoms with van der Waals surface area (Å²) in [7, 11) is 0. The van der Waals surface area contributed by atoms with Gasteiger partial charge in [-0.1, -0.05) is 32.9 Å². The third-order valence-electron chi connectivity index (χ3n) is 6.81. The standard InChI is InChI=1S/C25H24N4O3S/c1-25(2,3)19-11-29-23(16-9-17(30)15(24(31)32)10-28(16)19)20(21(27-29)13-7-8-13)14-5-4-6-18-22(14)26-12-33-18/h4-6,9-10,12-13,19H,7-8,11H2,1-3H3,(H,31,32)/t19-/m0/s1. The number of rotatable bonds is 3. The van der Waals surface area contributed by atoms with Gasteiger partial charge in [0.05, 0.1) is 45.4 Å². The van der Waals surface area contributed by atoms with Crippen LogP contribution < -0.4 is 5.43 Å². The first-order chi connectivity index (χ1) is 15.7. The zero-order valence-corrected chi connectivity index (χ0v) is 19.5. The van der Waals surface area contributed by atoms with Gasteiger partial charge < -0.3 is 9.67 Å². The molecule has 0 bridgehead atoms. The first kappa shape index (κ1) is 20.4. The van der Waals surface area contributed by atoms with Crippen molar-refractivity contribution in [3.63, 3.8) is 0 Å². The van der Waals surface area contributed by atoms with Crippen LogP contribution in [0.3, 0.4) is 0 Å². The summed E-state index contributed by atoms with van der Waals surface area (Å²) < 4.78 is 5.14. The summed E-state index contributed by atoms with van der Waals surface area (Å²) in [5.74, 6) is -0.799. The summed E-state index contributed by atoms with van der Waals surface area (Å²) in [4.78, 5) is 29.3. The highest BCUT2D eigenvalue weighted by atomic mass is 32.1. The van der Waals surface area contributed by atoms with E-state index in [9.17, 15) is 14.7 Å². The van der Waals surface area contributed by atoms with E-state index in [1.54, 1.807) is 11.3 Å². The van der Waals surface area contributed by atoms with Gasteiger partial charge >= 0.3 is 5.97 Å². The molecule has 2 aliphatic rings. The highest BCUT2D eigenvalue weighted by Gasteiger charge is 2.39. The van der Waals surface area contributed by atoms with Crippen LogP contribution in [-0.2, 0) is 6.54 Å². The molecular formula is C25H24N4O3S. The second-order valence-electron chi connectivity index (χ2n) is 10.1. The number of hydrogen-bond acceptors (Lipinski definition) is 5. The quantitative estimate of drug-likeness (QED) is 0.456. The summed E-state index contributed by atoms with van der Waals surface area (Å²) >= 11 is 1.60. The molecule has 0 amide bonds. The number of carboxylic acids is 1. The van der Waals surface area contributed by atoms with Crippen LogP contribution in [0.15, 0.2) is 40.8 Å². The number of aromatic nitrogens is 4. The molecule has 168 valence electrons. The number of hydrogen-bond donors (Lipinski definition) is 1. The number of thiazole rings is 1. The molecule has 1 N–H and O–H groups in total. The topological polar surface area (TPSA) is 90.0 Å². The molecule has 8 heteroatoms. The van der Waals surface area contributed by atoms with Crippen LogP contribution >= 0.6 is 11.3 Å². The molecule has 0 unspecified atom stereocenters. The van der Waals surface area contributed by atoms with Crippen molar-refractivity contribution in [3.8, 4) is 22.5 Å². The van der Waals surface area contributed by atoms with Crippen molar-refractivity contribution in [2.45, 2.75) is 52.1 Å². The van der Waals surface area contributed by atoms with E-state index in [1.807, 2.05) is 20.8 Å². The number of nitrogens with zero attached hydrogens (tertiary/aromatic N) is 4. The molecule has 1 aliphatic heterocycles. The zero-order valence-electron chi connectivity index (χ0n) is 18.7. The SMILES string of the molecule is CC(C)(C)[C@@H]1Cn2nc(C3CC3)c(-c3cccc4scnc34)c2-c2cc(=O)c(C(=O)O)cn21. The third-order valence-corrected chi connectivity index (χ3v) is 7.60. The second-order valence-corrected chi connectivity index (χ2v) is 11.0. The number of aromatic carboxylic acids is 1. The lowest BCUT2D eigenvalue weighted by Crippen LogP contribution is -2.35. The van der Waals surface area contributed by atoms with Gasteiger partial charge in [0.1, 0.15) is 5.56 Å². The number of carboxylic acid groups (broad SMARTS) is 1. The molecular weight excluding hydrogens is 436 g/mol. The van der Waals surface area contributed by atoms with Gasteiger partial charge in [0, 0.05) is 29.3 Å². The van der Waals surface area contributed by atoms with Crippen molar-refractivity contribution < 1.29 is 9.90 Å². The number of carbonyl (C=O) groups is 1. The molecule has 1 saturated carbocycles. The van der Waals surface area contributed by atoms with E-state index < -0.39 is 11.4 Å². The van der Waals surface area contributed by atoms with Crippen molar-refractivity contribution in [1.29, 1.82) is 0 Å². The van der Waals surface area contributed by atoms with Crippen LogP contribution in [0.25, 0.3) is 32.7 Å². The minimum Gasteiger partial charge on any atom is -0.477 e. The van der Waals surface area contributed by atoms with Crippen LogP contribution in [0.4, 0.5) is 0 Å². The maximum absolute atomic E-state index is 12.8. The fraction of sp³-hybridized carbons (Fsp3) is 0.360. The normalized spacial score (nSPS) is 17.7. The highest BCUT2D eigenvalue weighted by molar-refractivity contribution is 7.16. The fourth-order valence-electron chi connectivity index (χ4n) is 4.97. The van der Waals surface area contributed by atoms with Crippen molar-refractivity contribution >= 4 is 27.5 Å². The zero-order chi connectivity index (χ0) is 23.1. The molecule has 0 radical (unpaired) electrons. The molecule has 1 fully saturated rings. The number of pyridine rings is 1. The highest BCUT2D eigenvalue weighted by Crippen LogP contribution is 2.51. The van der Waals surface area contributed by atoms with E-state index in [0.717, 1.165) is 51.3 Å². The molecule has 1 aliphatic carbocycles. The first-order valence-corrected chi connectivity index (χ1v) is 12.0. The Balaban J connectivity index is 1.70. The van der Waals surface area contributed by atoms with Gasteiger partial charge in [0.25, 0.3) is 0 Å². The smallest absolute Gasteiger partial charge is 0.341 e. The summed E-state index contributed by atoms with van der Waals surface area (Å²) in [6.45, 7) is 7.01. The maximum atomic E-state index is 12.8. The van der Waals surface area contributed by atoms with E-state index in [-0.39, 0.29) is 17.0 Å². The van der Waals surface area contributed by atoms with Gasteiger partial charge in [-0.3, -0.25) is 9.48 Å². The Kier molecular flexibility index (Phi) is 4.24. The van der Waals surface area contributed by atoms with Crippen molar-refractivity contribution in [2.75, 3.05) is 0 Å². The van der Waals surface area contributed by atoms with Gasteiger partial charge in [-0.25, -0.2) is 9.78 Å². The van der Waals surface area contributed by atoms with Crippen LogP contribution in [0.1, 0.15) is 61.6 Å². The minimum absolute atomic E-state index is 0.0476. The van der Waals surface area contributed by atoms with Gasteiger partial charge in [0.15, 0.2) is 5.43 Å². The number of para-hydroxylation sites is 1. The van der Waals surface area contributed by atoms with Gasteiger partial charge in [0.2, 0.25) is 0 Å². The van der Waals surface area contributed by atoms with Crippen LogP contribution in [0, 0.1) is 5.41 Å². The summed E-state index contributed by atoms with van der Waals surface area (Å²) in [6.07, 6.45) is 3.73. The molecule has 1 aromatic carbocycles. The molecule has 4 aromatic rings. The Bertz CT molecular complexity index is 1500. The lowest BCUT2D eigenvalue weighted by Gasteiger charge is -2.38. The summed E-state index contributed by atoms with van der Waals surface area (Å²) in [5.41, 5.74) is 6.64. The van der Waals surface area contributed by atoms with E-state index >= 15 is 0 Å². The van der Waals surface area contributed by atoms with E-state index in [2.05, 4.69) is 37.9 Å². The minimum atomic E-state index is -1.20. The Labute approximate surface area is 194 Å². The van der Waals surface area contributed by atoms with Gasteiger partial charge in [-0.15, -0.1) is 11.3 Å². The van der Waals surface area contributed by atoms with E-state index in [4.69, 9.17) is 5.10 Å². The second kappa shape index (κ2) is 6.87. The van der Waals surface area contributed by atoms with Crippen molar-refractivity contribution in [1.82, 2.24) is 19.3 Å². The molecule has 0 spiro atoms. The summed E-state index contributed by atoms with van der Waals surface area (Å²) in [5, 5.41) is 14.7. The van der Waals surface area contributed by atoms with Crippen LogP contribution in [-0.4, -0.2) is 30.4 Å². The lowest BCUT2D eigenvalue weighted by molar-refractivity contribution is 0.0693. The average molecular weight is 461 g/mol. The lowest BCUT2D eigenvalue weighted by atomic mass is 9.84. The largest absolute Gasteiger partial charge is 0.477 e. The molecule has 6 rings (SSSR count). The van der Waals surface area contributed by atoms with Gasteiger partial charge in [-0.05, 0) is 24.3 Å². The predicted octanol–water partition coefficient (Wildman–Crippen LogP) is 5.16. The predicted molar refractivity (Wildman–Crippen MR) is 128 cm³/mol. The van der Waals surface area contributed by atoms with Crippen LogP contribution in [0.5, 0.6) is 0 Å². The van der Waals surface area contributed by atoms with E-state index in [0.29, 0.717) is 12.5 Å². The first-order valence-electron chi connectivity index (χ1n) is 11.2. The molecule has 7 nitrogen and oxygen atoms in total. The third kappa shape index (κ3) is 3.08. The van der Waals surface area contributed by atoms with Gasteiger partial charge in [-0.2, -0.15) is 5.10 Å². The average Bonchev–Trinajstić information content (AvgIpc) is 3.35. The van der Waals surface area contributed by atoms with E-state index in [1.165, 1.54) is 12.3 Å². The Morgan fingerprint density at radius 2 is 2.03 bits per heavy atom. The van der Waals surface area contributed by atoms with Crippen LogP contribution in [0.2, 0.25) is 0 Å². The van der Waals surface area contributed by atoms with Crippen molar-refractivity contribution in [3.05, 3.63) is 57.5 Å². The molecule has 33 heavy (non-hydrogen) atoms. The van der Waals surface area contributed by atoms with Crippen molar-refractivity contribution in [2.24, 2.45) is 5.41 Å². The molecule has 3 aromatic heterocycles. The maximum Gasteiger partial charge on any atom is 0.341 e. The molecule has 0 saturated heterocycles. The summed E-state index contributed by atoms with van der Waals surface area (Å²) in [6, 6.07) is 7.62. The monoisotopic (exact) mass is 460 g/mol. The number of fused-ring (bicyclic) bond motifs is 4. The molecule has 4 heterocycles. The fourth-order valence-corrected chi connectivity index (χ4v) is 5.67.